The minimum atomic E-state index is -1.19. The van der Waals surface area contributed by atoms with E-state index < -0.39 is 5.97 Å². The van der Waals surface area contributed by atoms with Gasteiger partial charge in [-0.05, 0) is 23.6 Å². The zero-order valence-corrected chi connectivity index (χ0v) is 12.4. The van der Waals surface area contributed by atoms with Gasteiger partial charge in [-0.25, -0.2) is 9.78 Å². The van der Waals surface area contributed by atoms with Crippen LogP contribution in [0.1, 0.15) is 27.5 Å². The first-order chi connectivity index (χ1) is 10.6. The van der Waals surface area contributed by atoms with Gasteiger partial charge in [0.1, 0.15) is 0 Å². The molecule has 0 aliphatic heterocycles. The summed E-state index contributed by atoms with van der Waals surface area (Å²) in [5.41, 5.74) is 1.57. The van der Waals surface area contributed by atoms with Crippen LogP contribution in [-0.2, 0) is 11.2 Å². The smallest absolute Gasteiger partial charge is 0.354 e. The molecular weight excluding hydrogens is 306 g/mol. The largest absolute Gasteiger partial charge is 0.477 e. The van der Waals surface area contributed by atoms with Crippen molar-refractivity contribution in [3.05, 3.63) is 59.3 Å². The van der Waals surface area contributed by atoms with E-state index in [0.717, 1.165) is 5.56 Å². The highest BCUT2D eigenvalue weighted by molar-refractivity contribution is 6.18. The van der Waals surface area contributed by atoms with Gasteiger partial charge < -0.3 is 9.84 Å². The Balaban J connectivity index is 2.34. The fourth-order valence-corrected chi connectivity index (χ4v) is 2.43. The second-order valence-electron chi connectivity index (χ2n) is 4.68. The molecule has 0 aliphatic rings. The molecule has 1 atom stereocenters. The van der Waals surface area contributed by atoms with Gasteiger partial charge in [-0.15, -0.1) is 11.6 Å². The zero-order chi connectivity index (χ0) is 15.9. The fourth-order valence-electron chi connectivity index (χ4n) is 2.14. The Morgan fingerprint density at radius 1 is 1.32 bits per heavy atom. The highest BCUT2D eigenvalue weighted by atomic mass is 35.5. The molecule has 5 nitrogen and oxygen atoms in total. The molecule has 2 rings (SSSR count). The summed E-state index contributed by atoms with van der Waals surface area (Å²) < 4.78 is 4.68. The minimum absolute atomic E-state index is 0.0481. The van der Waals surface area contributed by atoms with Gasteiger partial charge in [0.05, 0.1) is 0 Å². The molecule has 0 saturated heterocycles. The lowest BCUT2D eigenvalue weighted by Crippen LogP contribution is -2.09. The molecule has 1 heterocycles. The Morgan fingerprint density at radius 2 is 2.05 bits per heavy atom. The predicted octanol–water partition coefficient (Wildman–Crippen LogP) is 2.88. The van der Waals surface area contributed by atoms with Gasteiger partial charge in [-0.1, -0.05) is 30.3 Å². The van der Waals surface area contributed by atoms with Crippen molar-refractivity contribution in [3.63, 3.8) is 0 Å². The lowest BCUT2D eigenvalue weighted by atomic mass is 9.93. The van der Waals surface area contributed by atoms with Crippen molar-refractivity contribution in [2.45, 2.75) is 12.3 Å². The van der Waals surface area contributed by atoms with Gasteiger partial charge in [0.2, 0.25) is 5.88 Å². The van der Waals surface area contributed by atoms with E-state index in [0.29, 0.717) is 17.9 Å². The summed E-state index contributed by atoms with van der Waals surface area (Å²) >= 11 is 6.04. The van der Waals surface area contributed by atoms with E-state index in [2.05, 4.69) is 9.72 Å². The standard InChI is InChI=1S/C16H14ClNO4/c17-9-13(6-11-4-2-1-3-5-11)12-7-14(16(20)21)18-15(8-12)22-10-19/h1-5,7-8,10,13H,6,9H2,(H,20,21). The molecule has 2 aromatic rings. The van der Waals surface area contributed by atoms with E-state index in [4.69, 9.17) is 16.7 Å². The summed E-state index contributed by atoms with van der Waals surface area (Å²) in [5, 5.41) is 9.11. The van der Waals surface area contributed by atoms with Crippen molar-refractivity contribution >= 4 is 24.0 Å². The third-order valence-corrected chi connectivity index (χ3v) is 3.57. The SMILES string of the molecule is O=COc1cc(C(CCl)Cc2ccccc2)cc(C(=O)O)n1. The van der Waals surface area contributed by atoms with E-state index in [9.17, 15) is 9.59 Å². The van der Waals surface area contributed by atoms with E-state index >= 15 is 0 Å². The highest BCUT2D eigenvalue weighted by Crippen LogP contribution is 2.26. The van der Waals surface area contributed by atoms with Crippen LogP contribution < -0.4 is 4.74 Å². The molecule has 114 valence electrons. The first-order valence-electron chi connectivity index (χ1n) is 6.59. The number of ether oxygens (including phenoxy) is 1. The molecule has 0 amide bonds. The molecule has 6 heteroatoms. The molecule has 1 aromatic carbocycles. The Bertz CT molecular complexity index is 660. The Kier molecular flexibility index (Phi) is 5.49. The second kappa shape index (κ2) is 7.56. The second-order valence-corrected chi connectivity index (χ2v) is 4.99. The molecule has 0 bridgehead atoms. The topological polar surface area (TPSA) is 76.5 Å². The molecule has 0 fully saturated rings. The molecule has 0 aliphatic carbocycles. The number of pyridine rings is 1. The number of halogens is 1. The van der Waals surface area contributed by atoms with Gasteiger partial charge in [0, 0.05) is 17.9 Å². The normalized spacial score (nSPS) is 11.7. The molecule has 22 heavy (non-hydrogen) atoms. The van der Waals surface area contributed by atoms with Crippen LogP contribution in [0.25, 0.3) is 0 Å². The van der Waals surface area contributed by atoms with Gasteiger partial charge in [-0.3, -0.25) is 4.79 Å². The molecular formula is C16H14ClNO4. The number of carboxylic acid groups (broad SMARTS) is 1. The number of rotatable bonds is 7. The summed E-state index contributed by atoms with van der Waals surface area (Å²) in [6.07, 6.45) is 0.647. The maximum absolute atomic E-state index is 11.1. The molecule has 0 radical (unpaired) electrons. The third kappa shape index (κ3) is 4.05. The van der Waals surface area contributed by atoms with Crippen LogP contribution in [0.4, 0.5) is 0 Å². The number of nitrogens with zero attached hydrogens (tertiary/aromatic N) is 1. The first-order valence-corrected chi connectivity index (χ1v) is 7.13. The van der Waals surface area contributed by atoms with Crippen LogP contribution in [0, 0.1) is 0 Å². The van der Waals surface area contributed by atoms with Crippen molar-refractivity contribution in [1.82, 2.24) is 4.98 Å². The first kappa shape index (κ1) is 16.0. The van der Waals surface area contributed by atoms with Crippen molar-refractivity contribution < 1.29 is 19.4 Å². The van der Waals surface area contributed by atoms with Crippen LogP contribution in [0.3, 0.4) is 0 Å². The highest BCUT2D eigenvalue weighted by Gasteiger charge is 2.17. The number of hydrogen-bond donors (Lipinski definition) is 1. The van der Waals surface area contributed by atoms with Crippen molar-refractivity contribution in [3.8, 4) is 5.88 Å². The van der Waals surface area contributed by atoms with Crippen LogP contribution in [0.2, 0.25) is 0 Å². The number of alkyl halides is 1. The van der Waals surface area contributed by atoms with Crippen LogP contribution >= 0.6 is 11.6 Å². The van der Waals surface area contributed by atoms with Crippen LogP contribution in [-0.4, -0.2) is 28.4 Å². The van der Waals surface area contributed by atoms with Gasteiger partial charge >= 0.3 is 5.97 Å². The monoisotopic (exact) mass is 319 g/mol. The lowest BCUT2D eigenvalue weighted by molar-refractivity contribution is -0.120. The van der Waals surface area contributed by atoms with Gasteiger partial charge in [0.25, 0.3) is 6.47 Å². The maximum atomic E-state index is 11.1. The predicted molar refractivity (Wildman–Crippen MR) is 81.5 cm³/mol. The number of aromatic nitrogens is 1. The Morgan fingerprint density at radius 3 is 2.64 bits per heavy atom. The lowest BCUT2D eigenvalue weighted by Gasteiger charge is -2.15. The number of aromatic carboxylic acids is 1. The number of carbonyl (C=O) groups excluding carboxylic acids is 1. The van der Waals surface area contributed by atoms with E-state index in [1.165, 1.54) is 12.1 Å². The number of carboxylic acids is 1. The minimum Gasteiger partial charge on any atom is -0.477 e. The summed E-state index contributed by atoms with van der Waals surface area (Å²) in [6.45, 7) is 0.213. The molecule has 0 spiro atoms. The van der Waals surface area contributed by atoms with E-state index in [-0.39, 0.29) is 24.0 Å². The van der Waals surface area contributed by atoms with Crippen molar-refractivity contribution in [1.29, 1.82) is 0 Å². The van der Waals surface area contributed by atoms with Crippen molar-refractivity contribution in [2.24, 2.45) is 0 Å². The van der Waals surface area contributed by atoms with E-state index in [1.54, 1.807) is 0 Å². The molecule has 1 N–H and O–H groups in total. The molecule has 0 saturated carbocycles. The van der Waals surface area contributed by atoms with Gasteiger partial charge in [0.15, 0.2) is 5.69 Å². The third-order valence-electron chi connectivity index (χ3n) is 3.19. The van der Waals surface area contributed by atoms with Crippen molar-refractivity contribution in [2.75, 3.05) is 5.88 Å². The fraction of sp³-hybridized carbons (Fsp3) is 0.188. The Labute approximate surface area is 132 Å². The summed E-state index contributed by atoms with van der Waals surface area (Å²) in [5.74, 6) is -1.05. The van der Waals surface area contributed by atoms with E-state index in [1.807, 2.05) is 30.3 Å². The quantitative estimate of drug-likeness (QED) is 0.627. The summed E-state index contributed by atoms with van der Waals surface area (Å²) in [4.78, 5) is 25.4. The maximum Gasteiger partial charge on any atom is 0.354 e. The molecule has 1 unspecified atom stereocenters. The molecule has 1 aromatic heterocycles. The number of hydrogen-bond acceptors (Lipinski definition) is 4. The Hall–Kier alpha value is -2.40. The average molecular weight is 320 g/mol. The average Bonchev–Trinajstić information content (AvgIpc) is 2.53. The zero-order valence-electron chi connectivity index (χ0n) is 11.6. The number of carbonyl (C=O) groups is 2. The summed E-state index contributed by atoms with van der Waals surface area (Å²) in [7, 11) is 0. The van der Waals surface area contributed by atoms with Crippen LogP contribution in [0.5, 0.6) is 5.88 Å². The number of benzene rings is 1. The van der Waals surface area contributed by atoms with Gasteiger partial charge in [-0.2, -0.15) is 0 Å². The van der Waals surface area contributed by atoms with Crippen LogP contribution in [0.15, 0.2) is 42.5 Å². The summed E-state index contributed by atoms with van der Waals surface area (Å²) in [6, 6.07) is 12.7.